The molecular formula is C30H26F3N5O4. The van der Waals surface area contributed by atoms with Gasteiger partial charge in [-0.1, -0.05) is 0 Å². The Kier molecular flexibility index (Phi) is 7.15. The van der Waals surface area contributed by atoms with Crippen LogP contribution in [-0.4, -0.2) is 52.0 Å². The number of hydrogen-bond donors (Lipinski definition) is 2. The Morgan fingerprint density at radius 3 is 2.50 bits per heavy atom. The number of nitrogens with two attached hydrogens (primary N) is 1. The molecule has 3 N–H and O–H groups in total. The molecule has 0 aliphatic carbocycles. The number of likely N-dealkylation sites (tertiary alicyclic amines) is 1. The molecule has 2 amide bonds. The standard InChI is InChI=1S/C30H26F3N5O4/c31-30(32,33)24-11-19(25-6-3-18(13-35-25)29(40)38-15-21-4-5-22(16-38)41-21)9-20-10-23(42-28(20)24)14-37-27(39)8-2-17-1-7-26(34)36-12-17/h1-3,6-13,21-22H,4-5,14-16H2,(H2,34,36)(H,37,39). The number of alkyl halides is 3. The van der Waals surface area contributed by atoms with Gasteiger partial charge in [-0.15, -0.1) is 0 Å². The van der Waals surface area contributed by atoms with Crippen molar-refractivity contribution in [3.05, 3.63) is 83.4 Å². The molecule has 2 bridgehead atoms. The number of carbonyl (C=O) groups is 2. The molecule has 216 valence electrons. The highest BCUT2D eigenvalue weighted by atomic mass is 19.4. The van der Waals surface area contributed by atoms with Crippen molar-refractivity contribution in [1.29, 1.82) is 0 Å². The second kappa shape index (κ2) is 10.9. The lowest BCUT2D eigenvalue weighted by molar-refractivity contribution is -0.136. The van der Waals surface area contributed by atoms with Crippen LogP contribution < -0.4 is 11.1 Å². The van der Waals surface area contributed by atoms with E-state index in [4.69, 9.17) is 14.9 Å². The van der Waals surface area contributed by atoms with Gasteiger partial charge in [0.1, 0.15) is 17.2 Å². The van der Waals surface area contributed by atoms with E-state index in [2.05, 4.69) is 15.3 Å². The van der Waals surface area contributed by atoms with E-state index in [-0.39, 0.29) is 52.6 Å². The van der Waals surface area contributed by atoms with Gasteiger partial charge in [0, 0.05) is 42.5 Å². The van der Waals surface area contributed by atoms with Gasteiger partial charge in [-0.2, -0.15) is 13.2 Å². The third-order valence-electron chi connectivity index (χ3n) is 7.28. The van der Waals surface area contributed by atoms with Crippen LogP contribution in [0.4, 0.5) is 19.0 Å². The lowest BCUT2D eigenvalue weighted by Gasteiger charge is -2.32. The number of halogens is 3. The highest BCUT2D eigenvalue weighted by molar-refractivity contribution is 5.95. The predicted octanol–water partition coefficient (Wildman–Crippen LogP) is 4.82. The molecule has 1 aromatic carbocycles. The largest absolute Gasteiger partial charge is 0.459 e. The van der Waals surface area contributed by atoms with Gasteiger partial charge in [-0.05, 0) is 66.9 Å². The van der Waals surface area contributed by atoms with Crippen LogP contribution in [0, 0.1) is 0 Å². The smallest absolute Gasteiger partial charge is 0.420 e. The van der Waals surface area contributed by atoms with Crippen molar-refractivity contribution in [3.63, 3.8) is 0 Å². The van der Waals surface area contributed by atoms with Gasteiger partial charge < -0.3 is 25.1 Å². The molecule has 2 saturated heterocycles. The van der Waals surface area contributed by atoms with Crippen LogP contribution in [-0.2, 0) is 22.3 Å². The number of benzene rings is 1. The number of pyridine rings is 2. The topological polar surface area (TPSA) is 124 Å². The maximum atomic E-state index is 14.0. The molecule has 2 unspecified atom stereocenters. The monoisotopic (exact) mass is 577 g/mol. The van der Waals surface area contributed by atoms with E-state index < -0.39 is 17.6 Å². The Balaban J connectivity index is 1.19. The van der Waals surface area contributed by atoms with Crippen LogP contribution in [0.5, 0.6) is 0 Å². The fourth-order valence-electron chi connectivity index (χ4n) is 5.23. The molecule has 4 aromatic rings. The first-order valence-electron chi connectivity index (χ1n) is 13.3. The molecular weight excluding hydrogens is 551 g/mol. The van der Waals surface area contributed by atoms with Gasteiger partial charge in [-0.25, -0.2) is 4.98 Å². The summed E-state index contributed by atoms with van der Waals surface area (Å²) in [6.45, 7) is 0.910. The van der Waals surface area contributed by atoms with Crippen molar-refractivity contribution >= 4 is 34.7 Å². The number of aromatic nitrogens is 2. The summed E-state index contributed by atoms with van der Waals surface area (Å²) < 4.78 is 53.4. The summed E-state index contributed by atoms with van der Waals surface area (Å²) in [5.74, 6) is -0.146. The summed E-state index contributed by atoms with van der Waals surface area (Å²) in [7, 11) is 0. The zero-order valence-corrected chi connectivity index (χ0v) is 22.2. The summed E-state index contributed by atoms with van der Waals surface area (Å²) in [5.41, 5.74) is 5.75. The van der Waals surface area contributed by atoms with E-state index >= 15 is 0 Å². The van der Waals surface area contributed by atoms with E-state index in [0.29, 0.717) is 30.0 Å². The molecule has 0 radical (unpaired) electrons. The van der Waals surface area contributed by atoms with Crippen molar-refractivity contribution in [2.75, 3.05) is 18.8 Å². The van der Waals surface area contributed by atoms with E-state index in [1.807, 2.05) is 0 Å². The number of nitrogens with zero attached hydrogens (tertiary/aromatic N) is 3. The molecule has 2 fully saturated rings. The molecule has 12 heteroatoms. The van der Waals surface area contributed by atoms with Crippen LogP contribution in [0.3, 0.4) is 0 Å². The Morgan fingerprint density at radius 1 is 1.05 bits per heavy atom. The SMILES string of the molecule is Nc1ccc(C=CC(=O)NCc2cc3cc(-c4ccc(C(=O)N5CC6CCC(C5)O6)cn4)cc(C(F)(F)F)c3o2)cn1. The van der Waals surface area contributed by atoms with Crippen molar-refractivity contribution < 1.29 is 31.9 Å². The summed E-state index contributed by atoms with van der Waals surface area (Å²) in [6.07, 6.45) is 2.94. The number of ether oxygens (including phenoxy) is 1. The summed E-state index contributed by atoms with van der Waals surface area (Å²) >= 11 is 0. The number of hydrogen-bond acceptors (Lipinski definition) is 7. The van der Waals surface area contributed by atoms with E-state index in [1.54, 1.807) is 23.1 Å². The van der Waals surface area contributed by atoms with Crippen molar-refractivity contribution in [3.8, 4) is 11.3 Å². The minimum absolute atomic E-state index is 0.0456. The zero-order chi connectivity index (χ0) is 29.4. The van der Waals surface area contributed by atoms with E-state index in [1.165, 1.54) is 42.7 Å². The highest BCUT2D eigenvalue weighted by Gasteiger charge is 2.37. The van der Waals surface area contributed by atoms with Gasteiger partial charge in [0.15, 0.2) is 0 Å². The average molecular weight is 578 g/mol. The van der Waals surface area contributed by atoms with E-state index in [9.17, 15) is 22.8 Å². The number of nitrogens with one attached hydrogen (secondary N) is 1. The van der Waals surface area contributed by atoms with Crippen molar-refractivity contribution in [2.45, 2.75) is 37.8 Å². The minimum atomic E-state index is -4.70. The minimum Gasteiger partial charge on any atom is -0.459 e. The highest BCUT2D eigenvalue weighted by Crippen LogP contribution is 2.39. The van der Waals surface area contributed by atoms with Gasteiger partial charge in [0.2, 0.25) is 5.91 Å². The number of nitrogen functional groups attached to an aromatic ring is 1. The Bertz CT molecular complexity index is 1650. The molecule has 0 spiro atoms. The first-order valence-corrected chi connectivity index (χ1v) is 13.3. The van der Waals surface area contributed by atoms with Crippen molar-refractivity contribution in [1.82, 2.24) is 20.2 Å². The summed E-state index contributed by atoms with van der Waals surface area (Å²) in [6, 6.07) is 10.4. The van der Waals surface area contributed by atoms with Gasteiger partial charge in [0.05, 0.1) is 35.6 Å². The second-order valence-corrected chi connectivity index (χ2v) is 10.3. The van der Waals surface area contributed by atoms with Crippen LogP contribution in [0.25, 0.3) is 28.3 Å². The number of carbonyl (C=O) groups excluding carboxylic acids is 2. The lowest BCUT2D eigenvalue weighted by atomic mass is 10.0. The number of rotatable bonds is 6. The first-order chi connectivity index (χ1) is 20.1. The number of anilines is 1. The molecule has 3 aromatic heterocycles. The quantitative estimate of drug-likeness (QED) is 0.315. The van der Waals surface area contributed by atoms with Gasteiger partial charge in [0.25, 0.3) is 5.91 Å². The predicted molar refractivity (Wildman–Crippen MR) is 148 cm³/mol. The van der Waals surface area contributed by atoms with Crippen LogP contribution in [0.15, 0.2) is 65.4 Å². The molecule has 9 nitrogen and oxygen atoms in total. The number of furan rings is 1. The zero-order valence-electron chi connectivity index (χ0n) is 22.2. The summed E-state index contributed by atoms with van der Waals surface area (Å²) in [4.78, 5) is 35.2. The molecule has 2 atom stereocenters. The third-order valence-corrected chi connectivity index (χ3v) is 7.28. The molecule has 6 rings (SSSR count). The third kappa shape index (κ3) is 5.84. The van der Waals surface area contributed by atoms with Crippen molar-refractivity contribution in [2.24, 2.45) is 0 Å². The number of amides is 2. The average Bonchev–Trinajstić information content (AvgIpc) is 3.55. The first kappa shape index (κ1) is 27.5. The number of fused-ring (bicyclic) bond motifs is 3. The Hall–Kier alpha value is -4.71. The van der Waals surface area contributed by atoms with E-state index in [0.717, 1.165) is 18.9 Å². The fourth-order valence-corrected chi connectivity index (χ4v) is 5.23. The maximum Gasteiger partial charge on any atom is 0.420 e. The molecule has 2 aliphatic rings. The van der Waals surface area contributed by atoms with Crippen LogP contribution in [0.1, 0.15) is 40.1 Å². The fraction of sp³-hybridized carbons (Fsp3) is 0.267. The van der Waals surface area contributed by atoms with Gasteiger partial charge in [-0.3, -0.25) is 14.6 Å². The molecule has 0 saturated carbocycles. The summed E-state index contributed by atoms with van der Waals surface area (Å²) in [5, 5.41) is 2.80. The van der Waals surface area contributed by atoms with Gasteiger partial charge >= 0.3 is 6.18 Å². The van der Waals surface area contributed by atoms with Crippen LogP contribution in [0.2, 0.25) is 0 Å². The Morgan fingerprint density at radius 2 is 1.83 bits per heavy atom. The lowest BCUT2D eigenvalue weighted by Crippen LogP contribution is -2.45. The molecule has 5 heterocycles. The molecule has 2 aliphatic heterocycles. The second-order valence-electron chi connectivity index (χ2n) is 10.3. The maximum absolute atomic E-state index is 14.0. The normalized spacial score (nSPS) is 18.6. The molecule has 42 heavy (non-hydrogen) atoms. The van der Waals surface area contributed by atoms with Crippen LogP contribution >= 0.6 is 0 Å². The Labute approximate surface area is 238 Å². The number of morpholine rings is 1.